The predicted molar refractivity (Wildman–Crippen MR) is 64.6 cm³/mol. The lowest BCUT2D eigenvalue weighted by molar-refractivity contribution is -0.135. The van der Waals surface area contributed by atoms with E-state index >= 15 is 0 Å². The number of Topliss-reactive ketones (excluding diaryl/α,β-unsaturated/α-hetero) is 1. The number of aliphatic hydroxyl groups excluding tert-OH is 1. The molecule has 0 saturated heterocycles. The van der Waals surface area contributed by atoms with E-state index in [2.05, 4.69) is 4.98 Å². The number of rotatable bonds is 2. The second-order valence-electron chi connectivity index (χ2n) is 5.13. The molecular weight excluding hydrogens is 216 g/mol. The maximum Gasteiger partial charge on any atom is 0.172 e. The first-order chi connectivity index (χ1) is 7.91. The quantitative estimate of drug-likeness (QED) is 0.861. The molecule has 1 atom stereocenters. The number of carbonyl (C=O) groups excluding carboxylic acids is 1. The van der Waals surface area contributed by atoms with Crippen molar-refractivity contribution in [3.05, 3.63) is 36.3 Å². The summed E-state index contributed by atoms with van der Waals surface area (Å²) >= 11 is 0. The fourth-order valence-corrected chi connectivity index (χ4v) is 1.70. The van der Waals surface area contributed by atoms with Gasteiger partial charge in [0, 0.05) is 11.6 Å². The van der Waals surface area contributed by atoms with Gasteiger partial charge < -0.3 is 9.51 Å². The van der Waals surface area contributed by atoms with Crippen LogP contribution in [0.5, 0.6) is 0 Å². The fourth-order valence-electron chi connectivity index (χ4n) is 1.70. The fraction of sp³-hybridized carbons (Fsp3) is 0.385. The molecule has 2 aromatic heterocycles. The molecule has 4 heteroatoms. The Morgan fingerprint density at radius 3 is 2.76 bits per heavy atom. The summed E-state index contributed by atoms with van der Waals surface area (Å²) in [6, 6.07) is 5.54. The molecule has 1 N–H and O–H groups in total. The Balaban J connectivity index is 2.44. The number of nitrogens with zero attached hydrogens (tertiary/aromatic N) is 2. The number of imidazole rings is 1. The van der Waals surface area contributed by atoms with Gasteiger partial charge in [-0.15, -0.1) is 0 Å². The van der Waals surface area contributed by atoms with E-state index in [4.69, 9.17) is 0 Å². The molecule has 2 aromatic rings. The number of aliphatic hydroxyl groups is 1. The van der Waals surface area contributed by atoms with Gasteiger partial charge in [0.05, 0.1) is 11.9 Å². The van der Waals surface area contributed by atoms with Gasteiger partial charge in [-0.3, -0.25) is 4.79 Å². The van der Waals surface area contributed by atoms with Gasteiger partial charge in [-0.25, -0.2) is 4.98 Å². The van der Waals surface area contributed by atoms with Crippen LogP contribution in [0, 0.1) is 5.41 Å². The number of hydrogen-bond donors (Lipinski definition) is 1. The first kappa shape index (κ1) is 11.8. The van der Waals surface area contributed by atoms with Crippen LogP contribution in [-0.4, -0.2) is 20.3 Å². The van der Waals surface area contributed by atoms with E-state index in [-0.39, 0.29) is 5.78 Å². The Morgan fingerprint density at radius 2 is 2.12 bits per heavy atom. The second-order valence-corrected chi connectivity index (χ2v) is 5.13. The van der Waals surface area contributed by atoms with Gasteiger partial charge in [-0.2, -0.15) is 0 Å². The zero-order valence-corrected chi connectivity index (χ0v) is 10.2. The monoisotopic (exact) mass is 232 g/mol. The number of hydrogen-bond acceptors (Lipinski definition) is 3. The van der Waals surface area contributed by atoms with Crippen molar-refractivity contribution in [2.24, 2.45) is 5.41 Å². The average Bonchev–Trinajstić information content (AvgIpc) is 2.69. The van der Waals surface area contributed by atoms with Crippen LogP contribution in [0.3, 0.4) is 0 Å². The van der Waals surface area contributed by atoms with Crippen molar-refractivity contribution in [3.63, 3.8) is 0 Å². The number of aromatic nitrogens is 2. The van der Waals surface area contributed by atoms with Crippen LogP contribution in [-0.2, 0) is 4.79 Å². The molecule has 0 aromatic carbocycles. The highest BCUT2D eigenvalue weighted by Gasteiger charge is 2.30. The highest BCUT2D eigenvalue weighted by molar-refractivity contribution is 5.88. The van der Waals surface area contributed by atoms with Crippen LogP contribution < -0.4 is 0 Å². The lowest BCUT2D eigenvalue weighted by Gasteiger charge is -2.20. The molecule has 0 amide bonds. The Hall–Kier alpha value is -1.68. The molecule has 90 valence electrons. The summed E-state index contributed by atoms with van der Waals surface area (Å²) in [6.07, 6.45) is 2.20. The molecule has 0 spiro atoms. The van der Waals surface area contributed by atoms with Gasteiger partial charge in [0.25, 0.3) is 0 Å². The number of fused-ring (bicyclic) bond motifs is 1. The van der Waals surface area contributed by atoms with E-state index in [1.165, 1.54) is 0 Å². The highest BCUT2D eigenvalue weighted by Crippen LogP contribution is 2.25. The molecule has 0 aliphatic rings. The topological polar surface area (TPSA) is 54.6 Å². The zero-order valence-electron chi connectivity index (χ0n) is 10.2. The molecule has 0 saturated carbocycles. The normalized spacial score (nSPS) is 13.9. The summed E-state index contributed by atoms with van der Waals surface area (Å²) < 4.78 is 1.73. The Morgan fingerprint density at radius 1 is 1.41 bits per heavy atom. The summed E-state index contributed by atoms with van der Waals surface area (Å²) in [4.78, 5) is 16.2. The van der Waals surface area contributed by atoms with Crippen molar-refractivity contribution in [3.8, 4) is 0 Å². The Labute approximate surface area is 99.9 Å². The SMILES string of the molecule is CC(C)(C)C(=O)C(O)c1cnc2ccccn12. The molecule has 4 nitrogen and oxygen atoms in total. The summed E-state index contributed by atoms with van der Waals surface area (Å²) in [5.41, 5.74) is 0.669. The molecule has 0 aliphatic carbocycles. The summed E-state index contributed by atoms with van der Waals surface area (Å²) in [5, 5.41) is 10.1. The third-order valence-electron chi connectivity index (χ3n) is 2.71. The number of pyridine rings is 1. The predicted octanol–water partition coefficient (Wildman–Crippen LogP) is 1.98. The van der Waals surface area contributed by atoms with Crippen LogP contribution in [0.15, 0.2) is 30.6 Å². The van der Waals surface area contributed by atoms with Crippen molar-refractivity contribution >= 4 is 11.4 Å². The van der Waals surface area contributed by atoms with Gasteiger partial charge in [-0.1, -0.05) is 26.8 Å². The largest absolute Gasteiger partial charge is 0.379 e. The molecule has 1 unspecified atom stereocenters. The van der Waals surface area contributed by atoms with Crippen molar-refractivity contribution in [2.75, 3.05) is 0 Å². The lowest BCUT2D eigenvalue weighted by atomic mass is 9.87. The minimum absolute atomic E-state index is 0.205. The van der Waals surface area contributed by atoms with Gasteiger partial charge in [-0.05, 0) is 12.1 Å². The zero-order chi connectivity index (χ0) is 12.6. The van der Waals surface area contributed by atoms with Gasteiger partial charge in [0.1, 0.15) is 5.65 Å². The standard InChI is InChI=1S/C13H16N2O2/c1-13(2,3)12(17)11(16)9-8-14-10-6-4-5-7-15(9)10/h4-8,11,16H,1-3H3. The third-order valence-corrected chi connectivity index (χ3v) is 2.71. The molecule has 0 radical (unpaired) electrons. The summed E-state index contributed by atoms with van der Waals surface area (Å²) in [7, 11) is 0. The minimum atomic E-state index is -1.13. The van der Waals surface area contributed by atoms with Gasteiger partial charge in [0.2, 0.25) is 0 Å². The van der Waals surface area contributed by atoms with Crippen molar-refractivity contribution in [2.45, 2.75) is 26.9 Å². The lowest BCUT2D eigenvalue weighted by Crippen LogP contribution is -2.27. The van der Waals surface area contributed by atoms with E-state index in [0.29, 0.717) is 5.69 Å². The van der Waals surface area contributed by atoms with Crippen LogP contribution in [0.4, 0.5) is 0 Å². The van der Waals surface area contributed by atoms with Crippen LogP contribution in [0.25, 0.3) is 5.65 Å². The Kier molecular flexibility index (Phi) is 2.75. The van der Waals surface area contributed by atoms with E-state index in [9.17, 15) is 9.90 Å². The second kappa shape index (κ2) is 3.96. The molecule has 2 heterocycles. The molecule has 17 heavy (non-hydrogen) atoms. The maximum atomic E-state index is 12.0. The average molecular weight is 232 g/mol. The molecule has 0 bridgehead atoms. The first-order valence-corrected chi connectivity index (χ1v) is 5.55. The third kappa shape index (κ3) is 2.08. The molecule has 2 rings (SSSR count). The van der Waals surface area contributed by atoms with E-state index < -0.39 is 11.5 Å². The first-order valence-electron chi connectivity index (χ1n) is 5.55. The van der Waals surface area contributed by atoms with Crippen LogP contribution in [0.1, 0.15) is 32.6 Å². The number of carbonyl (C=O) groups is 1. The van der Waals surface area contributed by atoms with Gasteiger partial charge in [0.15, 0.2) is 11.9 Å². The van der Waals surface area contributed by atoms with E-state index in [0.717, 1.165) is 5.65 Å². The van der Waals surface area contributed by atoms with E-state index in [1.54, 1.807) is 37.6 Å². The van der Waals surface area contributed by atoms with Crippen LogP contribution >= 0.6 is 0 Å². The summed E-state index contributed by atoms with van der Waals surface area (Å²) in [6.45, 7) is 5.38. The summed E-state index contributed by atoms with van der Waals surface area (Å²) in [5.74, 6) is -0.205. The minimum Gasteiger partial charge on any atom is -0.379 e. The molecule has 0 aliphatic heterocycles. The van der Waals surface area contributed by atoms with E-state index in [1.807, 2.05) is 18.2 Å². The highest BCUT2D eigenvalue weighted by atomic mass is 16.3. The Bertz CT molecular complexity index is 552. The van der Waals surface area contributed by atoms with Crippen molar-refractivity contribution in [1.29, 1.82) is 0 Å². The van der Waals surface area contributed by atoms with Crippen molar-refractivity contribution < 1.29 is 9.90 Å². The molecule has 0 fully saturated rings. The maximum absolute atomic E-state index is 12.0. The van der Waals surface area contributed by atoms with Crippen LogP contribution in [0.2, 0.25) is 0 Å². The van der Waals surface area contributed by atoms with Gasteiger partial charge >= 0.3 is 0 Å². The molecular formula is C13H16N2O2. The smallest absolute Gasteiger partial charge is 0.172 e. The number of ketones is 1. The van der Waals surface area contributed by atoms with Crippen molar-refractivity contribution in [1.82, 2.24) is 9.38 Å².